The largest absolute Gasteiger partial charge is 0.467 e. The third kappa shape index (κ3) is 4.80. The van der Waals surface area contributed by atoms with Crippen molar-refractivity contribution in [1.29, 1.82) is 0 Å². The first-order valence-electron chi connectivity index (χ1n) is 10.8. The summed E-state index contributed by atoms with van der Waals surface area (Å²) in [5, 5.41) is 11.3. The van der Waals surface area contributed by atoms with E-state index in [1.807, 2.05) is 0 Å². The predicted octanol–water partition coefficient (Wildman–Crippen LogP) is 1.07. The molecule has 2 aliphatic heterocycles. The molecule has 1 saturated heterocycles. The van der Waals surface area contributed by atoms with Gasteiger partial charge in [0, 0.05) is 23.3 Å². The van der Waals surface area contributed by atoms with E-state index in [0.717, 1.165) is 56.1 Å². The molecule has 7 heteroatoms. The van der Waals surface area contributed by atoms with Crippen LogP contribution >= 0.6 is 0 Å². The quantitative estimate of drug-likeness (QED) is 0.549. The van der Waals surface area contributed by atoms with Crippen LogP contribution in [0.4, 0.5) is 5.69 Å². The van der Waals surface area contributed by atoms with E-state index in [0.29, 0.717) is 12.5 Å². The van der Waals surface area contributed by atoms with Gasteiger partial charge in [0.1, 0.15) is 45.0 Å². The first-order chi connectivity index (χ1) is 14.5. The number of rotatable bonds is 6. The molecule has 2 aromatic rings. The number of ether oxygens (including phenoxy) is 2. The Morgan fingerprint density at radius 2 is 1.70 bits per heavy atom. The Morgan fingerprint density at radius 1 is 1.03 bits per heavy atom. The van der Waals surface area contributed by atoms with Gasteiger partial charge in [0.15, 0.2) is 6.79 Å². The Kier molecular flexibility index (Phi) is 6.32. The third-order valence-electron chi connectivity index (χ3n) is 6.19. The molecule has 30 heavy (non-hydrogen) atoms. The number of benzene rings is 2. The maximum atomic E-state index is 11.3. The fourth-order valence-electron chi connectivity index (χ4n) is 4.41. The molecule has 0 radical (unpaired) electrons. The Hall–Kier alpha value is -2.48. The van der Waals surface area contributed by atoms with Crippen LogP contribution in [0.5, 0.6) is 5.75 Å². The minimum Gasteiger partial charge on any atom is -0.467 e. The molecule has 2 heterocycles. The number of quaternary nitrogens is 2. The molecule has 2 aliphatic rings. The molecule has 0 unspecified atom stereocenters. The van der Waals surface area contributed by atoms with Crippen molar-refractivity contribution in [3.8, 4) is 5.75 Å². The van der Waals surface area contributed by atoms with Gasteiger partial charge in [-0.05, 0) is 11.5 Å². The van der Waals surface area contributed by atoms with E-state index in [1.54, 1.807) is 17.0 Å². The molecule has 7 nitrogen and oxygen atoms in total. The summed E-state index contributed by atoms with van der Waals surface area (Å²) in [6.45, 7) is 11.1. The summed E-state index contributed by atoms with van der Waals surface area (Å²) in [7, 11) is 0. The molecule has 2 N–H and O–H groups in total. The van der Waals surface area contributed by atoms with Gasteiger partial charge in [0.25, 0.3) is 5.69 Å². The van der Waals surface area contributed by atoms with E-state index in [9.17, 15) is 10.1 Å². The van der Waals surface area contributed by atoms with Crippen LogP contribution in [-0.2, 0) is 24.4 Å². The highest BCUT2D eigenvalue weighted by Gasteiger charge is 2.27. The molecule has 160 valence electrons. The first-order valence-corrected chi connectivity index (χ1v) is 10.8. The molecule has 0 amide bonds. The zero-order valence-corrected chi connectivity index (χ0v) is 17.8. The number of hydrogen-bond donors (Lipinski definition) is 2. The Labute approximate surface area is 177 Å². The van der Waals surface area contributed by atoms with Crippen LogP contribution < -0.4 is 14.5 Å². The van der Waals surface area contributed by atoms with Gasteiger partial charge < -0.3 is 19.3 Å². The lowest BCUT2D eigenvalue weighted by molar-refractivity contribution is -1.02. The van der Waals surface area contributed by atoms with E-state index >= 15 is 0 Å². The van der Waals surface area contributed by atoms with Crippen molar-refractivity contribution in [2.24, 2.45) is 0 Å². The van der Waals surface area contributed by atoms with Crippen molar-refractivity contribution in [2.45, 2.75) is 39.5 Å². The van der Waals surface area contributed by atoms with E-state index in [2.05, 4.69) is 38.1 Å². The second-order valence-corrected chi connectivity index (χ2v) is 8.71. The van der Waals surface area contributed by atoms with E-state index in [4.69, 9.17) is 9.47 Å². The summed E-state index contributed by atoms with van der Waals surface area (Å²) in [5.41, 5.74) is 4.59. The number of nitro groups is 1. The highest BCUT2D eigenvalue weighted by molar-refractivity contribution is 5.50. The van der Waals surface area contributed by atoms with Crippen LogP contribution in [0.3, 0.4) is 0 Å². The minimum atomic E-state index is -0.333. The Bertz CT molecular complexity index is 890. The molecular formula is C23H31N3O4+2. The van der Waals surface area contributed by atoms with Crippen LogP contribution in [0, 0.1) is 10.1 Å². The number of nitrogens with zero attached hydrogens (tertiary/aromatic N) is 1. The average Bonchev–Trinajstić information content (AvgIpc) is 2.75. The zero-order chi connectivity index (χ0) is 21.1. The third-order valence-corrected chi connectivity index (χ3v) is 6.19. The minimum absolute atomic E-state index is 0.117. The summed E-state index contributed by atoms with van der Waals surface area (Å²) in [5.74, 6) is 1.34. The second kappa shape index (κ2) is 9.12. The van der Waals surface area contributed by atoms with Crippen LogP contribution in [0.25, 0.3) is 0 Å². The number of hydrogen-bond acceptors (Lipinski definition) is 4. The van der Waals surface area contributed by atoms with Gasteiger partial charge in [-0.3, -0.25) is 10.1 Å². The smallest absolute Gasteiger partial charge is 0.270 e. The lowest BCUT2D eigenvalue weighted by Crippen LogP contribution is -3.27. The van der Waals surface area contributed by atoms with Crippen LogP contribution in [-0.4, -0.2) is 37.9 Å². The Morgan fingerprint density at radius 3 is 2.33 bits per heavy atom. The first kappa shape index (κ1) is 20.8. The molecule has 1 fully saturated rings. The van der Waals surface area contributed by atoms with Gasteiger partial charge in [-0.15, -0.1) is 0 Å². The van der Waals surface area contributed by atoms with Crippen molar-refractivity contribution >= 4 is 5.69 Å². The van der Waals surface area contributed by atoms with Crippen LogP contribution in [0.1, 0.15) is 42.0 Å². The lowest BCUT2D eigenvalue weighted by atomic mass is 10.0. The van der Waals surface area contributed by atoms with Gasteiger partial charge in [-0.1, -0.05) is 38.1 Å². The van der Waals surface area contributed by atoms with Crippen molar-refractivity contribution < 1.29 is 24.2 Å². The lowest BCUT2D eigenvalue weighted by Gasteiger charge is -2.30. The number of nitrogens with one attached hydrogen (secondary N) is 2. The van der Waals surface area contributed by atoms with Crippen LogP contribution in [0.2, 0.25) is 0 Å². The number of non-ortho nitro benzene ring substituents is 1. The zero-order valence-electron chi connectivity index (χ0n) is 17.8. The molecule has 0 saturated carbocycles. The molecule has 0 spiro atoms. The van der Waals surface area contributed by atoms with Gasteiger partial charge >= 0.3 is 0 Å². The number of nitro benzene ring substituents is 1. The van der Waals surface area contributed by atoms with Gasteiger partial charge in [0.2, 0.25) is 0 Å². The fourth-order valence-corrected chi connectivity index (χ4v) is 4.41. The summed E-state index contributed by atoms with van der Waals surface area (Å²) in [4.78, 5) is 14.0. The second-order valence-electron chi connectivity index (χ2n) is 8.71. The van der Waals surface area contributed by atoms with Gasteiger partial charge in [0.05, 0.1) is 17.1 Å². The molecule has 0 aromatic heterocycles. The maximum Gasteiger partial charge on any atom is 0.270 e. The number of piperazine rings is 1. The van der Waals surface area contributed by atoms with Gasteiger partial charge in [-0.2, -0.15) is 0 Å². The fraction of sp³-hybridized carbons (Fsp3) is 0.478. The SMILES string of the molecule is CC(C)c1ccc(C[NH+]2CC[NH+](Cc3cc([N+](=O)[O-])cc4c3OCOC4)CC2)cc1. The summed E-state index contributed by atoms with van der Waals surface area (Å²) in [6, 6.07) is 12.3. The maximum absolute atomic E-state index is 11.3. The van der Waals surface area contributed by atoms with Crippen molar-refractivity contribution in [1.82, 2.24) is 0 Å². The Balaban J connectivity index is 1.37. The molecule has 2 aromatic carbocycles. The van der Waals surface area contributed by atoms with Gasteiger partial charge in [-0.25, -0.2) is 0 Å². The molecular weight excluding hydrogens is 382 g/mol. The van der Waals surface area contributed by atoms with Crippen LogP contribution in [0.15, 0.2) is 36.4 Å². The highest BCUT2D eigenvalue weighted by atomic mass is 16.7. The summed E-state index contributed by atoms with van der Waals surface area (Å²) >= 11 is 0. The van der Waals surface area contributed by atoms with Crippen molar-refractivity contribution in [2.75, 3.05) is 33.0 Å². The van der Waals surface area contributed by atoms with E-state index < -0.39 is 0 Å². The predicted molar refractivity (Wildman–Crippen MR) is 113 cm³/mol. The molecule has 4 rings (SSSR count). The molecule has 0 bridgehead atoms. The van der Waals surface area contributed by atoms with E-state index in [1.165, 1.54) is 16.0 Å². The standard InChI is InChI=1S/C23H29N3O4/c1-17(2)19-5-3-18(4-6-19)13-24-7-9-25(10-8-24)14-20-11-22(26(27)28)12-21-15-29-16-30-23(20)21/h3-6,11-12,17H,7-10,13-16H2,1-2H3/p+2. The molecule has 0 aliphatic carbocycles. The normalized spacial score (nSPS) is 21.2. The highest BCUT2D eigenvalue weighted by Crippen LogP contribution is 2.32. The topological polar surface area (TPSA) is 70.5 Å². The monoisotopic (exact) mass is 413 g/mol. The average molecular weight is 414 g/mol. The van der Waals surface area contributed by atoms with Crippen molar-refractivity contribution in [3.63, 3.8) is 0 Å². The molecule has 0 atom stereocenters. The van der Waals surface area contributed by atoms with E-state index in [-0.39, 0.29) is 17.4 Å². The summed E-state index contributed by atoms with van der Waals surface area (Å²) < 4.78 is 11.0. The number of fused-ring (bicyclic) bond motifs is 1. The van der Waals surface area contributed by atoms with Crippen molar-refractivity contribution in [3.05, 3.63) is 68.8 Å². The summed E-state index contributed by atoms with van der Waals surface area (Å²) in [6.07, 6.45) is 0.